The van der Waals surface area contributed by atoms with Crippen LogP contribution in [0.25, 0.3) is 11.4 Å². The molecule has 0 unspecified atom stereocenters. The van der Waals surface area contributed by atoms with E-state index in [1.165, 1.54) is 16.4 Å². The van der Waals surface area contributed by atoms with Crippen molar-refractivity contribution in [2.45, 2.75) is 30.7 Å². The normalized spacial score (nSPS) is 11.2. The second-order valence-electron chi connectivity index (χ2n) is 5.48. The zero-order valence-electron chi connectivity index (χ0n) is 13.8. The van der Waals surface area contributed by atoms with Gasteiger partial charge in [-0.1, -0.05) is 37.7 Å². The van der Waals surface area contributed by atoms with E-state index in [2.05, 4.69) is 29.0 Å². The lowest BCUT2D eigenvalue weighted by Gasteiger charge is -2.07. The van der Waals surface area contributed by atoms with E-state index in [1.807, 2.05) is 24.3 Å². The number of aromatic nitrogens is 4. The number of oxazole rings is 1. The molecule has 8 heteroatoms. The van der Waals surface area contributed by atoms with Crippen molar-refractivity contribution in [1.29, 1.82) is 0 Å². The molecule has 1 aromatic carbocycles. The molecule has 0 aliphatic heterocycles. The van der Waals surface area contributed by atoms with Crippen molar-refractivity contribution in [2.75, 3.05) is 13.0 Å². The minimum absolute atomic E-state index is 0.312. The average molecular weight is 345 g/mol. The Bertz CT molecular complexity index is 827. The largest absolute Gasteiger partial charge is 0.496 e. The Balaban J connectivity index is 1.77. The average Bonchev–Trinajstić information content (AvgIpc) is 3.20. The highest BCUT2D eigenvalue weighted by molar-refractivity contribution is 7.98. The molecule has 24 heavy (non-hydrogen) atoms. The van der Waals surface area contributed by atoms with Crippen LogP contribution in [0, 0.1) is 0 Å². The highest BCUT2D eigenvalue weighted by atomic mass is 32.2. The van der Waals surface area contributed by atoms with Crippen LogP contribution in [0.4, 0.5) is 0 Å². The molecular weight excluding hydrogens is 326 g/mol. The zero-order valence-corrected chi connectivity index (χ0v) is 14.6. The van der Waals surface area contributed by atoms with Gasteiger partial charge in [0.25, 0.3) is 0 Å². The molecule has 0 saturated heterocycles. The first-order valence-corrected chi connectivity index (χ1v) is 8.50. The third kappa shape index (κ3) is 3.23. The van der Waals surface area contributed by atoms with E-state index < -0.39 is 0 Å². The minimum Gasteiger partial charge on any atom is -0.496 e. The Morgan fingerprint density at radius 3 is 2.79 bits per heavy atom. The SMILES string of the molecule is COc1ccccc1-c1nnc(SCc2ncc(C(C)C)o2)n1N. The summed E-state index contributed by atoms with van der Waals surface area (Å²) in [6.07, 6.45) is 1.76. The van der Waals surface area contributed by atoms with E-state index in [0.717, 1.165) is 11.3 Å². The molecule has 2 aromatic heterocycles. The maximum atomic E-state index is 6.14. The van der Waals surface area contributed by atoms with Crippen LogP contribution < -0.4 is 10.6 Å². The number of benzene rings is 1. The first kappa shape index (κ1) is 16.4. The highest BCUT2D eigenvalue weighted by Crippen LogP contribution is 2.30. The lowest BCUT2D eigenvalue weighted by molar-refractivity contribution is 0.416. The molecule has 3 aromatic rings. The molecule has 2 N–H and O–H groups in total. The van der Waals surface area contributed by atoms with Gasteiger partial charge in [-0.05, 0) is 12.1 Å². The van der Waals surface area contributed by atoms with Crippen LogP contribution in [0.2, 0.25) is 0 Å². The minimum atomic E-state index is 0.312. The Morgan fingerprint density at radius 2 is 2.08 bits per heavy atom. The summed E-state index contributed by atoms with van der Waals surface area (Å²) < 4.78 is 12.5. The number of nitrogens with two attached hydrogens (primary N) is 1. The lowest BCUT2D eigenvalue weighted by Crippen LogP contribution is -2.12. The van der Waals surface area contributed by atoms with Crippen LogP contribution >= 0.6 is 11.8 Å². The predicted octanol–water partition coefficient (Wildman–Crippen LogP) is 3.07. The summed E-state index contributed by atoms with van der Waals surface area (Å²) >= 11 is 1.42. The number of nitrogen functional groups attached to an aromatic ring is 1. The molecule has 126 valence electrons. The summed E-state index contributed by atoms with van der Waals surface area (Å²) in [6.45, 7) is 4.13. The van der Waals surface area contributed by atoms with E-state index in [1.54, 1.807) is 13.3 Å². The first-order chi connectivity index (χ1) is 11.6. The van der Waals surface area contributed by atoms with Gasteiger partial charge >= 0.3 is 0 Å². The van der Waals surface area contributed by atoms with Gasteiger partial charge in [0.1, 0.15) is 11.5 Å². The number of para-hydroxylation sites is 1. The maximum Gasteiger partial charge on any atom is 0.210 e. The first-order valence-electron chi connectivity index (χ1n) is 7.51. The molecule has 2 heterocycles. The quantitative estimate of drug-likeness (QED) is 0.542. The molecule has 7 nitrogen and oxygen atoms in total. The van der Waals surface area contributed by atoms with E-state index >= 15 is 0 Å². The summed E-state index contributed by atoms with van der Waals surface area (Å²) in [7, 11) is 1.61. The molecular formula is C16H19N5O2S. The summed E-state index contributed by atoms with van der Waals surface area (Å²) in [5.74, 6) is 9.75. The molecule has 0 amide bonds. The third-order valence-electron chi connectivity index (χ3n) is 3.48. The number of rotatable bonds is 6. The van der Waals surface area contributed by atoms with E-state index in [0.29, 0.717) is 34.3 Å². The van der Waals surface area contributed by atoms with Crippen molar-refractivity contribution >= 4 is 11.8 Å². The molecule has 0 fully saturated rings. The molecule has 0 bridgehead atoms. The molecule has 0 saturated carbocycles. The summed E-state index contributed by atoms with van der Waals surface area (Å²) in [4.78, 5) is 4.27. The van der Waals surface area contributed by atoms with Gasteiger partial charge in [0.15, 0.2) is 5.82 Å². The van der Waals surface area contributed by atoms with Crippen LogP contribution in [0.1, 0.15) is 31.4 Å². The van der Waals surface area contributed by atoms with Gasteiger partial charge in [-0.15, -0.1) is 10.2 Å². The number of methoxy groups -OCH3 is 1. The number of thioether (sulfide) groups is 1. The lowest BCUT2D eigenvalue weighted by atomic mass is 10.2. The van der Waals surface area contributed by atoms with Crippen LogP contribution in [-0.2, 0) is 5.75 Å². The fraction of sp³-hybridized carbons (Fsp3) is 0.312. The van der Waals surface area contributed by atoms with Crippen molar-refractivity contribution in [3.05, 3.63) is 42.1 Å². The Labute approximate surface area is 144 Å². The Hall–Kier alpha value is -2.48. The molecule has 0 radical (unpaired) electrons. The van der Waals surface area contributed by atoms with Gasteiger partial charge in [0.05, 0.1) is 24.6 Å². The molecule has 0 spiro atoms. The van der Waals surface area contributed by atoms with Gasteiger partial charge in [-0.2, -0.15) is 0 Å². The molecule has 0 atom stereocenters. The fourth-order valence-corrected chi connectivity index (χ4v) is 2.88. The van der Waals surface area contributed by atoms with Crippen LogP contribution in [0.15, 0.2) is 40.0 Å². The molecule has 0 aliphatic rings. The van der Waals surface area contributed by atoms with Crippen molar-refractivity contribution in [1.82, 2.24) is 19.9 Å². The summed E-state index contributed by atoms with van der Waals surface area (Å²) in [5.41, 5.74) is 0.792. The van der Waals surface area contributed by atoms with E-state index in [9.17, 15) is 0 Å². The van der Waals surface area contributed by atoms with Gasteiger partial charge in [-0.25, -0.2) is 9.66 Å². The second kappa shape index (κ2) is 6.96. The Kier molecular flexibility index (Phi) is 4.75. The maximum absolute atomic E-state index is 6.14. The highest BCUT2D eigenvalue weighted by Gasteiger charge is 2.16. The summed E-state index contributed by atoms with van der Waals surface area (Å²) in [6, 6.07) is 7.55. The fourth-order valence-electron chi connectivity index (χ4n) is 2.17. The van der Waals surface area contributed by atoms with Gasteiger partial charge in [-0.3, -0.25) is 0 Å². The van der Waals surface area contributed by atoms with Crippen LogP contribution in [0.3, 0.4) is 0 Å². The van der Waals surface area contributed by atoms with Crippen molar-refractivity contribution < 1.29 is 9.15 Å². The van der Waals surface area contributed by atoms with Crippen molar-refractivity contribution in [2.24, 2.45) is 0 Å². The topological polar surface area (TPSA) is 92.0 Å². The molecule has 3 rings (SSSR count). The smallest absolute Gasteiger partial charge is 0.210 e. The third-order valence-corrected chi connectivity index (χ3v) is 4.41. The number of ether oxygens (including phenoxy) is 1. The zero-order chi connectivity index (χ0) is 17.1. The standard InChI is InChI=1S/C16H19N5O2S/c1-10(2)13-8-18-14(23-13)9-24-16-20-19-15(21(16)17)11-6-4-5-7-12(11)22-3/h4-8,10H,9,17H2,1-3H3. The molecule has 0 aliphatic carbocycles. The van der Waals surface area contributed by atoms with Crippen LogP contribution in [-0.4, -0.2) is 27.0 Å². The van der Waals surface area contributed by atoms with E-state index in [4.69, 9.17) is 15.0 Å². The number of nitrogens with zero attached hydrogens (tertiary/aromatic N) is 4. The summed E-state index contributed by atoms with van der Waals surface area (Å²) in [5, 5.41) is 8.91. The van der Waals surface area contributed by atoms with Gasteiger partial charge in [0, 0.05) is 5.92 Å². The Morgan fingerprint density at radius 1 is 1.29 bits per heavy atom. The van der Waals surface area contributed by atoms with Gasteiger partial charge < -0.3 is 15.0 Å². The van der Waals surface area contributed by atoms with Crippen molar-refractivity contribution in [3.63, 3.8) is 0 Å². The second-order valence-corrected chi connectivity index (χ2v) is 6.42. The van der Waals surface area contributed by atoms with Crippen molar-refractivity contribution in [3.8, 4) is 17.1 Å². The monoisotopic (exact) mass is 345 g/mol. The van der Waals surface area contributed by atoms with E-state index in [-0.39, 0.29) is 0 Å². The number of hydrogen-bond donors (Lipinski definition) is 1. The number of hydrogen-bond acceptors (Lipinski definition) is 7. The van der Waals surface area contributed by atoms with Crippen LogP contribution in [0.5, 0.6) is 5.75 Å². The predicted molar refractivity (Wildman–Crippen MR) is 92.3 cm³/mol. The van der Waals surface area contributed by atoms with Gasteiger partial charge in [0.2, 0.25) is 11.0 Å².